The van der Waals surface area contributed by atoms with Crippen molar-refractivity contribution < 1.29 is 4.74 Å². The van der Waals surface area contributed by atoms with Gasteiger partial charge in [-0.3, -0.25) is 0 Å². The fraction of sp³-hybridized carbons (Fsp3) is 0.333. The lowest BCUT2D eigenvalue weighted by Crippen LogP contribution is -2.20. The monoisotopic (exact) mass is 284 g/mol. The molecule has 0 fully saturated rings. The molecule has 112 valence electrons. The third kappa shape index (κ3) is 4.06. The second-order valence-electron chi connectivity index (χ2n) is 6.29. The summed E-state index contributed by atoms with van der Waals surface area (Å²) >= 11 is 0. The molecule has 0 saturated heterocycles. The first-order valence-electron chi connectivity index (χ1n) is 7.24. The molecule has 0 spiro atoms. The molecule has 1 unspecified atom stereocenters. The van der Waals surface area contributed by atoms with Gasteiger partial charge >= 0.3 is 0 Å². The van der Waals surface area contributed by atoms with E-state index in [0.717, 1.165) is 17.1 Å². The maximum atomic E-state index is 5.94. The minimum absolute atomic E-state index is 0.145. The first-order valence-corrected chi connectivity index (χ1v) is 7.24. The fourth-order valence-electron chi connectivity index (χ4n) is 2.10. The third-order valence-electron chi connectivity index (χ3n) is 3.50. The number of hydrogen-bond acceptors (Lipinski definition) is 3. The number of hydrogen-bond donors (Lipinski definition) is 2. The highest BCUT2D eigenvalue weighted by atomic mass is 16.5. The largest absolute Gasteiger partial charge is 0.457 e. The van der Waals surface area contributed by atoms with Crippen LogP contribution in [0, 0.1) is 0 Å². The number of rotatable bonds is 4. The van der Waals surface area contributed by atoms with Crippen LogP contribution in [0.15, 0.2) is 48.5 Å². The molecular weight excluding hydrogens is 260 g/mol. The van der Waals surface area contributed by atoms with Crippen molar-refractivity contribution in [1.29, 1.82) is 0 Å². The second-order valence-corrected chi connectivity index (χ2v) is 6.29. The van der Waals surface area contributed by atoms with E-state index < -0.39 is 0 Å². The summed E-state index contributed by atoms with van der Waals surface area (Å²) in [6, 6.07) is 15.8. The molecule has 21 heavy (non-hydrogen) atoms. The van der Waals surface area contributed by atoms with Gasteiger partial charge in [0.15, 0.2) is 0 Å². The van der Waals surface area contributed by atoms with Crippen LogP contribution in [0.25, 0.3) is 0 Å². The molecule has 1 atom stereocenters. The maximum Gasteiger partial charge on any atom is 0.127 e. The first-order chi connectivity index (χ1) is 9.90. The molecular formula is C18H24N2O. The molecule has 0 aliphatic rings. The Balaban J connectivity index is 2.15. The van der Waals surface area contributed by atoms with Crippen molar-refractivity contribution in [2.75, 3.05) is 6.54 Å². The highest BCUT2D eigenvalue weighted by Crippen LogP contribution is 2.27. The van der Waals surface area contributed by atoms with E-state index in [1.54, 1.807) is 0 Å². The van der Waals surface area contributed by atoms with Gasteiger partial charge in [-0.2, -0.15) is 0 Å². The van der Waals surface area contributed by atoms with Gasteiger partial charge in [0.25, 0.3) is 0 Å². The van der Waals surface area contributed by atoms with Gasteiger partial charge in [-0.25, -0.2) is 0 Å². The smallest absolute Gasteiger partial charge is 0.127 e. The van der Waals surface area contributed by atoms with Crippen LogP contribution in [0.5, 0.6) is 11.5 Å². The van der Waals surface area contributed by atoms with Crippen molar-refractivity contribution in [3.05, 3.63) is 59.7 Å². The maximum absolute atomic E-state index is 5.94. The van der Waals surface area contributed by atoms with E-state index in [1.807, 2.05) is 36.4 Å². The zero-order chi connectivity index (χ0) is 15.5. The van der Waals surface area contributed by atoms with Gasteiger partial charge in [-0.15, -0.1) is 0 Å². The van der Waals surface area contributed by atoms with Crippen LogP contribution < -0.4 is 16.2 Å². The summed E-state index contributed by atoms with van der Waals surface area (Å²) in [7, 11) is 0. The van der Waals surface area contributed by atoms with Gasteiger partial charge in [-0.1, -0.05) is 45.0 Å². The van der Waals surface area contributed by atoms with E-state index in [9.17, 15) is 0 Å². The van der Waals surface area contributed by atoms with E-state index in [4.69, 9.17) is 16.2 Å². The molecule has 0 radical (unpaired) electrons. The van der Waals surface area contributed by atoms with Crippen molar-refractivity contribution in [3.8, 4) is 11.5 Å². The van der Waals surface area contributed by atoms with Crippen LogP contribution in [0.1, 0.15) is 37.9 Å². The Morgan fingerprint density at radius 3 is 2.24 bits per heavy atom. The molecule has 2 rings (SSSR count). The van der Waals surface area contributed by atoms with Crippen LogP contribution in [0.4, 0.5) is 0 Å². The molecule has 0 amide bonds. The summed E-state index contributed by atoms with van der Waals surface area (Å²) in [4.78, 5) is 0. The molecule has 0 saturated carbocycles. The number of ether oxygens (including phenoxy) is 1. The molecule has 3 heteroatoms. The molecule has 0 aliphatic heterocycles. The van der Waals surface area contributed by atoms with E-state index >= 15 is 0 Å². The van der Waals surface area contributed by atoms with Gasteiger partial charge in [0.2, 0.25) is 0 Å². The lowest BCUT2D eigenvalue weighted by molar-refractivity contribution is 0.480. The summed E-state index contributed by atoms with van der Waals surface area (Å²) in [5.41, 5.74) is 14.0. The molecule has 0 bridgehead atoms. The predicted octanol–water partition coefficient (Wildman–Crippen LogP) is 3.73. The molecule has 2 aromatic carbocycles. The molecule has 3 nitrogen and oxygen atoms in total. The minimum Gasteiger partial charge on any atom is -0.457 e. The first kappa shape index (κ1) is 15.5. The zero-order valence-corrected chi connectivity index (χ0v) is 13.0. The Kier molecular flexibility index (Phi) is 4.66. The summed E-state index contributed by atoms with van der Waals surface area (Å²) in [5.74, 6) is 1.60. The minimum atomic E-state index is -0.156. The van der Waals surface area contributed by atoms with Crippen molar-refractivity contribution in [2.24, 2.45) is 11.5 Å². The van der Waals surface area contributed by atoms with E-state index in [-0.39, 0.29) is 11.5 Å². The van der Waals surface area contributed by atoms with E-state index in [2.05, 4.69) is 32.9 Å². The Morgan fingerprint density at radius 1 is 1.00 bits per heavy atom. The summed E-state index contributed by atoms with van der Waals surface area (Å²) in [6.45, 7) is 7.01. The topological polar surface area (TPSA) is 61.3 Å². The van der Waals surface area contributed by atoms with Crippen molar-refractivity contribution in [1.82, 2.24) is 0 Å². The van der Waals surface area contributed by atoms with Crippen molar-refractivity contribution in [3.63, 3.8) is 0 Å². The van der Waals surface area contributed by atoms with Crippen molar-refractivity contribution >= 4 is 0 Å². The fourth-order valence-corrected chi connectivity index (χ4v) is 2.10. The summed E-state index contributed by atoms with van der Waals surface area (Å²) in [5, 5.41) is 0. The van der Waals surface area contributed by atoms with Crippen LogP contribution in [0.3, 0.4) is 0 Å². The standard InChI is InChI=1S/C18H24N2O/c1-18(2,3)14-7-9-15(10-8-14)21-16-6-4-5-13(11-16)17(20)12-19/h4-11,17H,12,19-20H2,1-3H3. The lowest BCUT2D eigenvalue weighted by atomic mass is 9.87. The van der Waals surface area contributed by atoms with Crippen LogP contribution in [0.2, 0.25) is 0 Å². The van der Waals surface area contributed by atoms with E-state index in [1.165, 1.54) is 5.56 Å². The van der Waals surface area contributed by atoms with Gasteiger partial charge < -0.3 is 16.2 Å². The number of nitrogens with two attached hydrogens (primary N) is 2. The lowest BCUT2D eigenvalue weighted by Gasteiger charge is -2.19. The normalized spacial score (nSPS) is 13.0. The molecule has 0 aliphatic carbocycles. The van der Waals surface area contributed by atoms with Crippen LogP contribution in [-0.4, -0.2) is 6.54 Å². The molecule has 0 heterocycles. The average molecular weight is 284 g/mol. The van der Waals surface area contributed by atoms with Crippen molar-refractivity contribution in [2.45, 2.75) is 32.2 Å². The summed E-state index contributed by atoms with van der Waals surface area (Å²) < 4.78 is 5.88. The number of benzene rings is 2. The Labute approximate surface area is 126 Å². The average Bonchev–Trinajstić information content (AvgIpc) is 2.46. The SMILES string of the molecule is CC(C)(C)c1ccc(Oc2cccc(C(N)CN)c2)cc1. The van der Waals surface area contributed by atoms with Gasteiger partial charge in [-0.05, 0) is 40.8 Å². The van der Waals surface area contributed by atoms with Gasteiger partial charge in [0.05, 0.1) is 0 Å². The zero-order valence-electron chi connectivity index (χ0n) is 13.0. The Morgan fingerprint density at radius 2 is 1.67 bits per heavy atom. The second kappa shape index (κ2) is 6.29. The Hall–Kier alpha value is -1.84. The summed E-state index contributed by atoms with van der Waals surface area (Å²) in [6.07, 6.45) is 0. The van der Waals surface area contributed by atoms with Gasteiger partial charge in [0.1, 0.15) is 11.5 Å². The van der Waals surface area contributed by atoms with E-state index in [0.29, 0.717) is 6.54 Å². The predicted molar refractivity (Wildman–Crippen MR) is 87.6 cm³/mol. The molecule has 2 aromatic rings. The highest BCUT2D eigenvalue weighted by Gasteiger charge is 2.13. The van der Waals surface area contributed by atoms with Crippen LogP contribution in [-0.2, 0) is 5.41 Å². The highest BCUT2D eigenvalue weighted by molar-refractivity contribution is 5.37. The van der Waals surface area contributed by atoms with Crippen LogP contribution >= 0.6 is 0 Å². The molecule has 0 aromatic heterocycles. The quantitative estimate of drug-likeness (QED) is 0.899. The van der Waals surface area contributed by atoms with Gasteiger partial charge in [0, 0.05) is 12.6 Å². The Bertz CT molecular complexity index is 585. The molecule has 4 N–H and O–H groups in total. The third-order valence-corrected chi connectivity index (χ3v) is 3.50.